The van der Waals surface area contributed by atoms with E-state index in [1.54, 1.807) is 31.4 Å². The number of aliphatic imine (C=N–C) groups is 1. The minimum Gasteiger partial charge on any atom is -0.497 e. The largest absolute Gasteiger partial charge is 0.497 e. The third-order valence-electron chi connectivity index (χ3n) is 3.89. The van der Waals surface area contributed by atoms with E-state index in [4.69, 9.17) is 4.74 Å². The molecule has 0 aromatic heterocycles. The topological polar surface area (TPSA) is 91.8 Å². The Balaban J connectivity index is 1.98. The third kappa shape index (κ3) is 6.26. The van der Waals surface area contributed by atoms with Crippen molar-refractivity contribution < 1.29 is 13.2 Å². The van der Waals surface area contributed by atoms with Crippen LogP contribution in [0, 0.1) is 0 Å². The standard InChI is InChI=1S/C19H26N4O3S/c1-4-21-19(22-13-15-5-9-17(26-3)10-6-15)23-14-16-7-11-18(12-8-16)27(24,25)20-2/h5-12,20H,4,13-14H2,1-3H3,(H2,21,22,23). The number of benzene rings is 2. The summed E-state index contributed by atoms with van der Waals surface area (Å²) in [4.78, 5) is 4.82. The van der Waals surface area contributed by atoms with Crippen LogP contribution in [-0.2, 0) is 23.1 Å². The van der Waals surface area contributed by atoms with Gasteiger partial charge in [0.25, 0.3) is 0 Å². The van der Waals surface area contributed by atoms with Crippen molar-refractivity contribution in [3.63, 3.8) is 0 Å². The summed E-state index contributed by atoms with van der Waals surface area (Å²) in [6.07, 6.45) is 0. The number of ether oxygens (including phenoxy) is 1. The molecule has 0 aliphatic carbocycles. The van der Waals surface area contributed by atoms with Crippen LogP contribution in [-0.4, -0.2) is 35.1 Å². The van der Waals surface area contributed by atoms with Crippen LogP contribution >= 0.6 is 0 Å². The first-order chi connectivity index (χ1) is 13.0. The summed E-state index contributed by atoms with van der Waals surface area (Å²) in [5.74, 6) is 1.51. The van der Waals surface area contributed by atoms with Gasteiger partial charge in [0.05, 0.1) is 18.6 Å². The maximum atomic E-state index is 11.8. The molecule has 0 saturated heterocycles. The lowest BCUT2D eigenvalue weighted by Gasteiger charge is -2.12. The monoisotopic (exact) mass is 390 g/mol. The predicted octanol–water partition coefficient (Wildman–Crippen LogP) is 1.86. The average Bonchev–Trinajstić information content (AvgIpc) is 2.70. The molecule has 0 aliphatic rings. The summed E-state index contributed by atoms with van der Waals surface area (Å²) >= 11 is 0. The van der Waals surface area contributed by atoms with E-state index in [1.807, 2.05) is 31.2 Å². The molecule has 0 spiro atoms. The quantitative estimate of drug-likeness (QED) is 0.473. The predicted molar refractivity (Wildman–Crippen MR) is 107 cm³/mol. The number of guanidine groups is 1. The normalized spacial score (nSPS) is 11.9. The van der Waals surface area contributed by atoms with Gasteiger partial charge in [0.1, 0.15) is 5.75 Å². The second-order valence-corrected chi connectivity index (χ2v) is 7.63. The van der Waals surface area contributed by atoms with E-state index in [-0.39, 0.29) is 4.90 Å². The lowest BCUT2D eigenvalue weighted by molar-refractivity contribution is 0.414. The molecule has 0 amide bonds. The van der Waals surface area contributed by atoms with Crippen molar-refractivity contribution in [2.45, 2.75) is 24.9 Å². The smallest absolute Gasteiger partial charge is 0.240 e. The molecular weight excluding hydrogens is 364 g/mol. The molecule has 0 aliphatic heterocycles. The van der Waals surface area contributed by atoms with E-state index in [9.17, 15) is 8.42 Å². The van der Waals surface area contributed by atoms with Gasteiger partial charge in [0.15, 0.2) is 5.96 Å². The summed E-state index contributed by atoms with van der Waals surface area (Å²) in [5, 5.41) is 6.45. The zero-order valence-electron chi connectivity index (χ0n) is 15.8. The molecule has 27 heavy (non-hydrogen) atoms. The van der Waals surface area contributed by atoms with Crippen molar-refractivity contribution in [3.8, 4) is 5.75 Å². The molecule has 0 saturated carbocycles. The van der Waals surface area contributed by atoms with Gasteiger partial charge in [-0.15, -0.1) is 0 Å². The highest BCUT2D eigenvalue weighted by Gasteiger charge is 2.10. The number of nitrogens with one attached hydrogen (secondary N) is 3. The van der Waals surface area contributed by atoms with E-state index in [2.05, 4.69) is 20.3 Å². The number of hydrogen-bond acceptors (Lipinski definition) is 4. The van der Waals surface area contributed by atoms with Gasteiger partial charge in [-0.25, -0.2) is 18.1 Å². The molecule has 7 nitrogen and oxygen atoms in total. The summed E-state index contributed by atoms with van der Waals surface area (Å²) in [7, 11) is -0.379. The molecule has 0 unspecified atom stereocenters. The number of nitrogens with zero attached hydrogens (tertiary/aromatic N) is 1. The second kappa shape index (κ2) is 9.94. The van der Waals surface area contributed by atoms with Crippen molar-refractivity contribution in [3.05, 3.63) is 59.7 Å². The van der Waals surface area contributed by atoms with Crippen LogP contribution in [0.25, 0.3) is 0 Å². The minimum absolute atomic E-state index is 0.244. The zero-order valence-corrected chi connectivity index (χ0v) is 16.6. The number of methoxy groups -OCH3 is 1. The Kier molecular flexibility index (Phi) is 7.63. The Hall–Kier alpha value is -2.58. The van der Waals surface area contributed by atoms with Crippen LogP contribution in [0.3, 0.4) is 0 Å². The summed E-state index contributed by atoms with van der Waals surface area (Å²) < 4.78 is 31.0. The highest BCUT2D eigenvalue weighted by atomic mass is 32.2. The number of rotatable bonds is 8. The van der Waals surface area contributed by atoms with Gasteiger partial charge in [-0.1, -0.05) is 24.3 Å². The van der Waals surface area contributed by atoms with Gasteiger partial charge in [-0.05, 0) is 49.4 Å². The molecular formula is C19H26N4O3S. The molecule has 2 rings (SSSR count). The third-order valence-corrected chi connectivity index (χ3v) is 5.32. The Morgan fingerprint density at radius 2 is 1.63 bits per heavy atom. The number of sulfonamides is 1. The maximum Gasteiger partial charge on any atom is 0.240 e. The van der Waals surface area contributed by atoms with Crippen LogP contribution in [0.5, 0.6) is 5.75 Å². The Morgan fingerprint density at radius 3 is 2.19 bits per heavy atom. The SMILES string of the molecule is CCNC(=NCc1ccc(OC)cc1)NCc1ccc(S(=O)(=O)NC)cc1. The fourth-order valence-electron chi connectivity index (χ4n) is 2.33. The van der Waals surface area contributed by atoms with Crippen molar-refractivity contribution in [1.82, 2.24) is 15.4 Å². The van der Waals surface area contributed by atoms with Crippen LogP contribution in [0.4, 0.5) is 0 Å². The van der Waals surface area contributed by atoms with E-state index in [0.717, 1.165) is 23.4 Å². The Morgan fingerprint density at radius 1 is 1.00 bits per heavy atom. The Labute approximate surface area is 160 Å². The van der Waals surface area contributed by atoms with E-state index in [1.165, 1.54) is 7.05 Å². The van der Waals surface area contributed by atoms with Gasteiger partial charge in [-0.3, -0.25) is 0 Å². The van der Waals surface area contributed by atoms with Gasteiger partial charge >= 0.3 is 0 Å². The molecule has 3 N–H and O–H groups in total. The van der Waals surface area contributed by atoms with Crippen molar-refractivity contribution in [2.24, 2.45) is 4.99 Å². The van der Waals surface area contributed by atoms with Crippen LogP contribution in [0.15, 0.2) is 58.4 Å². The molecule has 2 aromatic rings. The summed E-state index contributed by atoms with van der Waals surface area (Å²) in [6.45, 7) is 3.82. The molecule has 0 atom stereocenters. The molecule has 146 valence electrons. The van der Waals surface area contributed by atoms with E-state index < -0.39 is 10.0 Å². The lowest BCUT2D eigenvalue weighted by Crippen LogP contribution is -2.36. The molecule has 0 bridgehead atoms. The first kappa shape index (κ1) is 20.7. The molecule has 2 aromatic carbocycles. The van der Waals surface area contributed by atoms with Crippen LogP contribution < -0.4 is 20.1 Å². The molecule has 0 heterocycles. The second-order valence-electron chi connectivity index (χ2n) is 5.75. The van der Waals surface area contributed by atoms with Gasteiger partial charge < -0.3 is 15.4 Å². The maximum absolute atomic E-state index is 11.8. The number of hydrogen-bond donors (Lipinski definition) is 3. The minimum atomic E-state index is -3.41. The van der Waals surface area contributed by atoms with Gasteiger partial charge in [0, 0.05) is 13.1 Å². The van der Waals surface area contributed by atoms with Crippen LogP contribution in [0.1, 0.15) is 18.1 Å². The van der Waals surface area contributed by atoms with Gasteiger partial charge in [-0.2, -0.15) is 0 Å². The first-order valence-corrected chi connectivity index (χ1v) is 10.1. The fraction of sp³-hybridized carbons (Fsp3) is 0.316. The fourth-order valence-corrected chi connectivity index (χ4v) is 3.06. The highest BCUT2D eigenvalue weighted by Crippen LogP contribution is 2.12. The first-order valence-electron chi connectivity index (χ1n) is 8.66. The van der Waals surface area contributed by atoms with Crippen molar-refractivity contribution in [2.75, 3.05) is 20.7 Å². The summed E-state index contributed by atoms with van der Waals surface area (Å²) in [5.41, 5.74) is 2.04. The van der Waals surface area contributed by atoms with Crippen molar-refractivity contribution >= 4 is 16.0 Å². The van der Waals surface area contributed by atoms with Gasteiger partial charge in [0.2, 0.25) is 10.0 Å². The summed E-state index contributed by atoms with van der Waals surface area (Å²) in [6, 6.07) is 14.5. The van der Waals surface area contributed by atoms with Crippen molar-refractivity contribution in [1.29, 1.82) is 0 Å². The molecule has 8 heteroatoms. The molecule has 0 fully saturated rings. The Bertz CT molecular complexity index is 848. The lowest BCUT2D eigenvalue weighted by atomic mass is 10.2. The van der Waals surface area contributed by atoms with E-state index in [0.29, 0.717) is 19.0 Å². The van der Waals surface area contributed by atoms with Crippen LogP contribution in [0.2, 0.25) is 0 Å². The van der Waals surface area contributed by atoms with E-state index >= 15 is 0 Å². The highest BCUT2D eigenvalue weighted by molar-refractivity contribution is 7.89. The average molecular weight is 391 g/mol. The zero-order chi connectivity index (χ0) is 19.7. The molecule has 0 radical (unpaired) electrons.